The van der Waals surface area contributed by atoms with Crippen LogP contribution in [-0.4, -0.2) is 214 Å². The van der Waals surface area contributed by atoms with E-state index in [1.54, 1.807) is 30.3 Å². The third kappa shape index (κ3) is 25.6. The van der Waals surface area contributed by atoms with E-state index in [0.717, 1.165) is 17.7 Å². The fourth-order valence-electron chi connectivity index (χ4n) is 6.88. The Hall–Kier alpha value is -4.38. The number of amides is 5. The predicted octanol–water partition coefficient (Wildman–Crippen LogP) is 2.19. The molecule has 1 atom stereocenters. The fourth-order valence-corrected chi connectivity index (χ4v) is 7.79. The van der Waals surface area contributed by atoms with Crippen molar-refractivity contribution in [3.05, 3.63) is 59.7 Å². The summed E-state index contributed by atoms with van der Waals surface area (Å²) in [5, 5.41) is 4.90. The van der Waals surface area contributed by atoms with Crippen LogP contribution in [0.5, 0.6) is 0 Å². The molecule has 0 aliphatic carbocycles. The van der Waals surface area contributed by atoms with Crippen LogP contribution in [0, 0.1) is 0 Å². The summed E-state index contributed by atoms with van der Waals surface area (Å²) in [4.78, 5) is 63.8. The van der Waals surface area contributed by atoms with Crippen LogP contribution in [0.25, 0.3) is 0 Å². The second-order valence-electron chi connectivity index (χ2n) is 16.0. The molecule has 23 nitrogen and oxygen atoms in total. The summed E-state index contributed by atoms with van der Waals surface area (Å²) >= 11 is 0. The lowest BCUT2D eigenvalue weighted by Gasteiger charge is -2.27. The molecule has 2 aliphatic heterocycles. The first kappa shape index (κ1) is 61.2. The summed E-state index contributed by atoms with van der Waals surface area (Å²) in [7, 11) is -3.78. The van der Waals surface area contributed by atoms with Crippen molar-refractivity contribution >= 4 is 45.3 Å². The number of anilines is 1. The van der Waals surface area contributed by atoms with E-state index in [4.69, 9.17) is 61.0 Å². The van der Waals surface area contributed by atoms with Gasteiger partial charge in [0.25, 0.3) is 21.9 Å². The predicted molar refractivity (Wildman–Crippen MR) is 260 cm³/mol. The number of ether oxygens (including phenoxy) is 12. The molecule has 5 amide bonds. The Kier molecular flexibility index (Phi) is 32.0. The Balaban J connectivity index is 0.780. The zero-order valence-electron chi connectivity index (χ0n) is 41.6. The Morgan fingerprint density at radius 2 is 0.932 bits per heavy atom. The highest BCUT2D eigenvalue weighted by Gasteiger charge is 2.45. The van der Waals surface area contributed by atoms with E-state index in [0.29, 0.717) is 158 Å². The summed E-state index contributed by atoms with van der Waals surface area (Å²) in [6, 6.07) is 11.5. The van der Waals surface area contributed by atoms with Crippen LogP contribution in [0.4, 0.5) is 5.69 Å². The number of carbonyl (C=O) groups is 5. The van der Waals surface area contributed by atoms with Gasteiger partial charge in [-0.15, -0.1) is 0 Å². The smallest absolute Gasteiger partial charge is 0.297 e. The van der Waals surface area contributed by atoms with Gasteiger partial charge < -0.3 is 62.2 Å². The minimum Gasteiger partial charge on any atom is -0.379 e. The van der Waals surface area contributed by atoms with E-state index in [2.05, 4.69) is 10.6 Å². The molecule has 1 fully saturated rings. The Bertz CT molecular complexity index is 2000. The monoisotopic (exact) mass is 1060 g/mol. The second-order valence-corrected chi connectivity index (χ2v) is 17.6. The highest BCUT2D eigenvalue weighted by atomic mass is 32.2. The van der Waals surface area contributed by atoms with Crippen molar-refractivity contribution in [2.24, 2.45) is 0 Å². The number of hydrogen-bond donors (Lipinski definition) is 2. The molecule has 0 aromatic heterocycles. The van der Waals surface area contributed by atoms with Gasteiger partial charge in [0.05, 0.1) is 180 Å². The van der Waals surface area contributed by atoms with E-state index in [9.17, 15) is 32.4 Å². The van der Waals surface area contributed by atoms with Crippen molar-refractivity contribution < 1.29 is 93.4 Å². The number of fused-ring (bicyclic) bond motifs is 1. The molecule has 0 radical (unpaired) electrons. The first-order chi connectivity index (χ1) is 35.7. The van der Waals surface area contributed by atoms with Gasteiger partial charge in [-0.2, -0.15) is 8.42 Å². The number of hydrogen-bond acceptors (Lipinski definition) is 20. The van der Waals surface area contributed by atoms with Crippen molar-refractivity contribution in [3.8, 4) is 0 Å². The van der Waals surface area contributed by atoms with Crippen LogP contribution in [0.1, 0.15) is 59.2 Å². The molecule has 2 heterocycles. The molecular weight excluding hydrogens is 983 g/mol. The minimum absolute atomic E-state index is 0.0218. The van der Waals surface area contributed by atoms with E-state index >= 15 is 0 Å². The number of rotatable bonds is 46. The van der Waals surface area contributed by atoms with Gasteiger partial charge in [-0.05, 0) is 43.5 Å². The molecule has 2 aromatic rings. The Morgan fingerprint density at radius 3 is 1.37 bits per heavy atom. The number of nitrogens with one attached hydrogen (secondary N) is 2. The molecule has 1 saturated heterocycles. The molecular formula is C49H73N3O20S. The van der Waals surface area contributed by atoms with Crippen LogP contribution < -0.4 is 10.6 Å². The highest BCUT2D eigenvalue weighted by molar-refractivity contribution is 7.86. The summed E-state index contributed by atoms with van der Waals surface area (Å²) in [6.45, 7) is 10.1. The zero-order valence-corrected chi connectivity index (χ0v) is 42.5. The molecule has 2 aliphatic rings. The van der Waals surface area contributed by atoms with E-state index in [1.165, 1.54) is 18.2 Å². The molecule has 0 spiro atoms. The van der Waals surface area contributed by atoms with Gasteiger partial charge in [0, 0.05) is 19.4 Å². The summed E-state index contributed by atoms with van der Waals surface area (Å²) in [5.74, 6) is -2.75. The van der Waals surface area contributed by atoms with Gasteiger partial charge in [-0.1, -0.05) is 30.7 Å². The maximum Gasteiger partial charge on any atom is 0.297 e. The molecule has 73 heavy (non-hydrogen) atoms. The Labute approximate surface area is 427 Å². The zero-order chi connectivity index (χ0) is 52.0. The number of nitrogens with zero attached hydrogens (tertiary/aromatic N) is 1. The lowest BCUT2D eigenvalue weighted by atomic mass is 10.0. The van der Waals surface area contributed by atoms with Crippen LogP contribution in [0.2, 0.25) is 0 Å². The lowest BCUT2D eigenvalue weighted by Crippen LogP contribution is -2.54. The normalized spacial score (nSPS) is 14.8. The molecule has 2 aromatic carbocycles. The molecule has 1 unspecified atom stereocenters. The van der Waals surface area contributed by atoms with Crippen molar-refractivity contribution in [1.29, 1.82) is 0 Å². The number of unbranched alkanes of at least 4 members (excludes halogenated alkanes) is 2. The van der Waals surface area contributed by atoms with E-state index in [1.807, 2.05) is 0 Å². The van der Waals surface area contributed by atoms with Crippen LogP contribution >= 0.6 is 0 Å². The molecule has 0 bridgehead atoms. The molecule has 0 saturated carbocycles. The molecule has 2 N–H and O–H groups in total. The topological polar surface area (TPSA) is 267 Å². The van der Waals surface area contributed by atoms with Crippen molar-refractivity contribution in [3.63, 3.8) is 0 Å². The molecule has 410 valence electrons. The molecule has 24 heteroatoms. The van der Waals surface area contributed by atoms with Gasteiger partial charge in [0.1, 0.15) is 6.04 Å². The second kappa shape index (κ2) is 38.2. The van der Waals surface area contributed by atoms with Crippen LogP contribution in [0.3, 0.4) is 0 Å². The molecule has 4 rings (SSSR count). The number of carbonyl (C=O) groups excluding carboxylic acids is 5. The van der Waals surface area contributed by atoms with Crippen molar-refractivity contribution in [2.75, 3.05) is 170 Å². The maximum atomic E-state index is 13.2. The number of piperidine rings is 1. The SMILES string of the molecule is O=C1CCC(N2C(=O)c3cccc(NC(=O)CCCCCOCCOCCOCCOCCOCCOCCOCCOCCOCCOCCOCCOCCOS(=O)(=O)c4ccccc4)c3C2=O)C(=O)N1. The summed E-state index contributed by atoms with van der Waals surface area (Å²) < 4.78 is 94.8. The first-order valence-corrected chi connectivity index (χ1v) is 26.1. The highest BCUT2D eigenvalue weighted by Crippen LogP contribution is 2.32. The average molecular weight is 1060 g/mol. The third-order valence-electron chi connectivity index (χ3n) is 10.5. The Morgan fingerprint density at radius 1 is 0.507 bits per heavy atom. The van der Waals surface area contributed by atoms with Gasteiger partial charge in [0.2, 0.25) is 17.7 Å². The quantitative estimate of drug-likeness (QED) is 0.0547. The van der Waals surface area contributed by atoms with Gasteiger partial charge in [0.15, 0.2) is 0 Å². The first-order valence-electron chi connectivity index (χ1n) is 24.7. The lowest BCUT2D eigenvalue weighted by molar-refractivity contribution is -0.136. The fraction of sp³-hybridized carbons (Fsp3) is 0.653. The minimum atomic E-state index is -3.78. The average Bonchev–Trinajstić information content (AvgIpc) is 3.64. The largest absolute Gasteiger partial charge is 0.379 e. The van der Waals surface area contributed by atoms with Crippen molar-refractivity contribution in [2.45, 2.75) is 49.5 Å². The van der Waals surface area contributed by atoms with E-state index in [-0.39, 0.29) is 60.1 Å². The maximum absolute atomic E-state index is 13.2. The van der Waals surface area contributed by atoms with Crippen LogP contribution in [-0.2, 0) is 85.5 Å². The van der Waals surface area contributed by atoms with Gasteiger partial charge in [-0.3, -0.25) is 38.4 Å². The standard InChI is InChI=1S/C49H73N3O20S/c53-44(50-42-11-7-10-41-46(42)49(57)52(48(41)56)43-13-14-45(54)51-47(43)55)12-5-2-6-15-60-16-17-61-18-19-62-20-21-63-22-23-64-24-25-65-26-27-66-28-29-67-30-31-68-32-33-69-34-35-70-36-37-71-38-39-72-73(58,59)40-8-3-1-4-9-40/h1,3-4,7-11,43H,2,5-6,12-39H2,(H,50,53)(H,51,54,55). The number of imide groups is 2. The summed E-state index contributed by atoms with van der Waals surface area (Å²) in [6.07, 6.45) is 2.40. The van der Waals surface area contributed by atoms with Crippen LogP contribution in [0.15, 0.2) is 53.4 Å². The number of benzene rings is 2. The van der Waals surface area contributed by atoms with E-state index < -0.39 is 39.8 Å². The van der Waals surface area contributed by atoms with Crippen molar-refractivity contribution in [1.82, 2.24) is 10.2 Å². The van der Waals surface area contributed by atoms with Gasteiger partial charge in [-0.25, -0.2) is 0 Å². The third-order valence-corrected chi connectivity index (χ3v) is 11.9. The summed E-state index contributed by atoms with van der Waals surface area (Å²) in [5.41, 5.74) is 0.362. The van der Waals surface area contributed by atoms with Gasteiger partial charge >= 0.3 is 0 Å².